The van der Waals surface area contributed by atoms with Gasteiger partial charge in [0.05, 0.1) is 56.0 Å². The summed E-state index contributed by atoms with van der Waals surface area (Å²) in [5, 5.41) is 10.2. The van der Waals surface area contributed by atoms with Crippen molar-refractivity contribution in [1.29, 1.82) is 0 Å². The Morgan fingerprint density at radius 3 is 1.69 bits per heavy atom. The Morgan fingerprint density at radius 2 is 1.19 bits per heavy atom. The maximum Gasteiger partial charge on any atom is 0.616 e. The molecule has 8 aromatic rings. The fourth-order valence-electron chi connectivity index (χ4n) is 6.67. The number of esters is 3. The number of hydrogen-bond acceptors (Lipinski definition) is 17. The van der Waals surface area contributed by atoms with Crippen LogP contribution in [0, 0.1) is 14.5 Å². The molecule has 0 spiro atoms. The van der Waals surface area contributed by atoms with Gasteiger partial charge in [-0.1, -0.05) is 0 Å². The second-order valence-corrected chi connectivity index (χ2v) is 24.0. The Bertz CT molecular complexity index is 3720. The summed E-state index contributed by atoms with van der Waals surface area (Å²) in [6.45, 7) is 13.3. The van der Waals surface area contributed by atoms with Gasteiger partial charge in [0.15, 0.2) is 56.8 Å². The standard InChI is InChI=1S/C23H25N5O6S.C14H15BrN3O4.C9H9IN2O2S/c1-23(2,3)22(30)34-12-28-11-15(21(29)33-5)19-20(28)24-10-16(25-19)18-14-9-13(35(6,31)32)7-8-17(14)27(4)26-18;1-14(2,3)13(20)22-7-18-6-8(12(19)21-4)10-11(18)16-5-9(15)17-10;1-12-8-4-3-6(15(2,13)14)5-7(8)9(10)11-12/h7-11H,12H2,1-6H3;5-6H,4,7H2,1-3H3;3-5H,1-2H3/q;+1;. The highest BCUT2D eigenvalue weighted by atomic mass is 127. The highest BCUT2D eigenvalue weighted by Crippen LogP contribution is 2.31. The first kappa shape index (κ1) is 54.8. The van der Waals surface area contributed by atoms with E-state index in [0.29, 0.717) is 48.6 Å². The van der Waals surface area contributed by atoms with Crippen LogP contribution in [-0.2, 0) is 75.5 Å². The summed E-state index contributed by atoms with van der Waals surface area (Å²) < 4.78 is 74.6. The van der Waals surface area contributed by atoms with Gasteiger partial charge >= 0.3 is 23.9 Å². The van der Waals surface area contributed by atoms with Gasteiger partial charge in [-0.15, -0.1) is 0 Å². The number of benzene rings is 2. The molecule has 72 heavy (non-hydrogen) atoms. The smallest absolute Gasteiger partial charge is 0.465 e. The number of aryl methyl sites for hydroxylation is 2. The Labute approximate surface area is 434 Å². The molecule has 0 N–H and O–H groups in total. The lowest BCUT2D eigenvalue weighted by atomic mass is 9.97. The van der Waals surface area contributed by atoms with Gasteiger partial charge in [0.2, 0.25) is 0 Å². The van der Waals surface area contributed by atoms with E-state index in [1.165, 1.54) is 59.4 Å². The van der Waals surface area contributed by atoms with E-state index < -0.39 is 48.4 Å². The first-order valence-electron chi connectivity index (χ1n) is 21.2. The van der Waals surface area contributed by atoms with Crippen molar-refractivity contribution in [2.24, 2.45) is 24.9 Å². The SMILES string of the molecule is C=[O+]C(=O)c1cn(COC(=O)C(C)(C)C)c2ncc(Br)nc12.COC(=O)c1cn(COC(=O)C(C)(C)C)c2ncc(-c3nn(C)c4ccc(S(C)(=O)=O)cc34)nc12.Cn1nc(I)c2cc(S(C)(=O)=O)ccc21. The molecule has 0 saturated heterocycles. The van der Waals surface area contributed by atoms with Crippen LogP contribution in [0.15, 0.2) is 75.6 Å². The van der Waals surface area contributed by atoms with Crippen LogP contribution in [0.1, 0.15) is 62.3 Å². The minimum Gasteiger partial charge on any atom is -0.465 e. The topological polar surface area (TPSA) is 273 Å². The zero-order valence-corrected chi connectivity index (χ0v) is 46.2. The number of ether oxygens (including phenoxy) is 3. The van der Waals surface area contributed by atoms with Crippen LogP contribution in [0.3, 0.4) is 0 Å². The third kappa shape index (κ3) is 12.0. The Hall–Kier alpha value is -6.52. The van der Waals surface area contributed by atoms with Crippen LogP contribution in [0.25, 0.3) is 55.5 Å². The van der Waals surface area contributed by atoms with Gasteiger partial charge in [0, 0.05) is 49.8 Å². The van der Waals surface area contributed by atoms with Crippen molar-refractivity contribution >= 4 is 133 Å². The van der Waals surface area contributed by atoms with Crippen molar-refractivity contribution in [2.75, 3.05) is 19.6 Å². The number of carbonyl (C=O) groups excluding carboxylic acids is 5. The number of methoxy groups -OCH3 is 1. The zero-order chi connectivity index (χ0) is 53.4. The highest BCUT2D eigenvalue weighted by molar-refractivity contribution is 14.1. The van der Waals surface area contributed by atoms with Crippen LogP contribution in [0.2, 0.25) is 0 Å². The maximum atomic E-state index is 12.5. The molecule has 26 heteroatoms. The minimum absolute atomic E-state index is 0.0761. The number of fused-ring (bicyclic) bond motifs is 4. The molecule has 0 aliphatic rings. The zero-order valence-electron chi connectivity index (χ0n) is 40.8. The lowest BCUT2D eigenvalue weighted by molar-refractivity contribution is -0.334. The minimum atomic E-state index is -3.44. The summed E-state index contributed by atoms with van der Waals surface area (Å²) in [5.74, 6) is -2.04. The molecule has 0 aliphatic heterocycles. The van der Waals surface area contributed by atoms with Crippen molar-refractivity contribution in [3.63, 3.8) is 0 Å². The van der Waals surface area contributed by atoms with Crippen molar-refractivity contribution in [3.05, 3.63) is 80.6 Å². The van der Waals surface area contributed by atoms with Crippen LogP contribution < -0.4 is 0 Å². The van der Waals surface area contributed by atoms with Crippen molar-refractivity contribution in [1.82, 2.24) is 48.6 Å². The van der Waals surface area contributed by atoms with Crippen LogP contribution >= 0.6 is 38.5 Å². The molecule has 2 aromatic carbocycles. The quantitative estimate of drug-likeness (QED) is 0.0641. The van der Waals surface area contributed by atoms with Gasteiger partial charge in [-0.25, -0.2) is 41.6 Å². The molecule has 22 nitrogen and oxygen atoms in total. The van der Waals surface area contributed by atoms with E-state index in [1.54, 1.807) is 82.2 Å². The summed E-state index contributed by atoms with van der Waals surface area (Å²) in [7, 11) is -1.76. The number of sulfone groups is 2. The molecule has 0 radical (unpaired) electrons. The fraction of sp³-hybridized carbons (Fsp3) is 0.326. The van der Waals surface area contributed by atoms with Crippen LogP contribution in [0.4, 0.5) is 0 Å². The van der Waals surface area contributed by atoms with Gasteiger partial charge in [-0.3, -0.25) is 32.5 Å². The third-order valence-corrected chi connectivity index (χ3v) is 13.8. The molecule has 6 aromatic heterocycles. The predicted octanol–water partition coefficient (Wildman–Crippen LogP) is 6.55. The number of carbonyl (C=O) groups is 4. The average Bonchev–Trinajstić information content (AvgIpc) is 4.05. The number of aromatic nitrogens is 10. The molecule has 0 amide bonds. The molecule has 0 atom stereocenters. The normalized spacial score (nSPS) is 12.0. The maximum absolute atomic E-state index is 12.5. The molecular formula is C46H49BrIN10O12S2+. The Balaban J connectivity index is 0.000000194. The number of nitrogens with zero attached hydrogens (tertiary/aromatic N) is 10. The van der Waals surface area contributed by atoms with Gasteiger partial charge in [-0.05, 0) is 116 Å². The highest BCUT2D eigenvalue weighted by Gasteiger charge is 2.29. The van der Waals surface area contributed by atoms with Crippen LogP contribution in [-0.4, -0.2) is 116 Å². The summed E-state index contributed by atoms with van der Waals surface area (Å²) in [4.78, 5) is 66.2. The lowest BCUT2D eigenvalue weighted by Gasteiger charge is -2.16. The monoisotopic (exact) mass is 1200 g/mol. The summed E-state index contributed by atoms with van der Waals surface area (Å²) >= 11 is 5.30. The van der Waals surface area contributed by atoms with E-state index in [4.69, 9.17) is 14.2 Å². The molecule has 380 valence electrons. The van der Waals surface area contributed by atoms with Gasteiger partial charge < -0.3 is 14.2 Å². The van der Waals surface area contributed by atoms with E-state index in [-0.39, 0.29) is 41.0 Å². The number of hydrogen-bond donors (Lipinski definition) is 0. The van der Waals surface area contributed by atoms with E-state index in [2.05, 4.69) is 79.9 Å². The predicted molar refractivity (Wildman–Crippen MR) is 276 cm³/mol. The van der Waals surface area contributed by atoms with E-state index in [9.17, 15) is 36.0 Å². The molecule has 6 heterocycles. The first-order valence-corrected chi connectivity index (χ1v) is 26.9. The van der Waals surface area contributed by atoms with Crippen LogP contribution in [0.5, 0.6) is 0 Å². The summed E-state index contributed by atoms with van der Waals surface area (Å²) in [6, 6.07) is 9.79. The van der Waals surface area contributed by atoms with Crippen molar-refractivity contribution in [3.8, 4) is 11.4 Å². The van der Waals surface area contributed by atoms with E-state index in [0.717, 1.165) is 20.9 Å². The third-order valence-electron chi connectivity index (χ3n) is 10.4. The molecule has 0 saturated carbocycles. The molecule has 0 unspecified atom stereocenters. The summed E-state index contributed by atoms with van der Waals surface area (Å²) in [6.07, 6.45) is 8.24. The fourth-order valence-corrected chi connectivity index (χ4v) is 9.00. The van der Waals surface area contributed by atoms with Gasteiger partial charge in [0.1, 0.15) is 36.3 Å². The lowest BCUT2D eigenvalue weighted by Crippen LogP contribution is -2.24. The number of halogens is 2. The molecule has 0 aliphatic carbocycles. The van der Waals surface area contributed by atoms with Crippen molar-refractivity contribution < 1.29 is 54.6 Å². The molecule has 0 bridgehead atoms. The van der Waals surface area contributed by atoms with E-state index >= 15 is 0 Å². The van der Waals surface area contributed by atoms with Gasteiger partial charge in [0.25, 0.3) is 0 Å². The molecule has 0 fully saturated rings. The average molecular weight is 1200 g/mol. The first-order chi connectivity index (χ1) is 33.4. The largest absolute Gasteiger partial charge is 0.616 e. The second-order valence-electron chi connectivity index (χ2n) is 18.2. The molecule has 8 rings (SSSR count). The number of rotatable bonds is 9. The Morgan fingerprint density at radius 1 is 0.722 bits per heavy atom. The van der Waals surface area contributed by atoms with Crippen molar-refractivity contribution in [2.45, 2.75) is 64.8 Å². The second kappa shape index (κ2) is 20.9. The van der Waals surface area contributed by atoms with Gasteiger partial charge in [-0.2, -0.15) is 10.2 Å². The van der Waals surface area contributed by atoms with E-state index in [1.807, 2.05) is 7.05 Å². The summed E-state index contributed by atoms with van der Waals surface area (Å²) in [5.41, 5.74) is 2.71. The Kier molecular flexibility index (Phi) is 15.9. The molecular weight excluding hydrogens is 1160 g/mol.